The SMILES string of the molecule is C=CCOP(=O)(OCC=C)O[C@H]1[C@H](OCC[C@@H](CCCCCCC)OC)[C@@H](NC(=O)CCCCCCCCC/C=C\CCCCCC)[C@@H](OC(=N)C(Cl)(Cl)Cl)O[C@@H]1COC. The number of rotatable bonds is 38. The summed E-state index contributed by atoms with van der Waals surface area (Å²) in [5.74, 6) is -1.05. The van der Waals surface area contributed by atoms with Gasteiger partial charge in [-0.05, 0) is 44.9 Å². The van der Waals surface area contributed by atoms with Crippen molar-refractivity contribution in [2.45, 2.75) is 189 Å². The lowest BCUT2D eigenvalue weighted by Gasteiger charge is -2.46. The van der Waals surface area contributed by atoms with Gasteiger partial charge in [0.1, 0.15) is 24.4 Å². The van der Waals surface area contributed by atoms with Gasteiger partial charge in [-0.25, -0.2) is 4.57 Å². The highest BCUT2D eigenvalue weighted by Crippen LogP contribution is 2.52. The van der Waals surface area contributed by atoms with Crippen molar-refractivity contribution in [3.63, 3.8) is 0 Å². The fourth-order valence-electron chi connectivity index (χ4n) is 6.80. The third kappa shape index (κ3) is 25.9. The van der Waals surface area contributed by atoms with Gasteiger partial charge in [-0.3, -0.25) is 23.8 Å². The Balaban J connectivity index is 3.20. The third-order valence-electron chi connectivity index (χ3n) is 10.1. The van der Waals surface area contributed by atoms with Crippen LogP contribution >= 0.6 is 42.6 Å². The zero-order valence-electron chi connectivity index (χ0n) is 37.0. The lowest BCUT2D eigenvalue weighted by Crippen LogP contribution is -2.66. The Labute approximate surface area is 377 Å². The van der Waals surface area contributed by atoms with E-state index in [0.717, 1.165) is 64.2 Å². The minimum Gasteiger partial charge on any atom is -0.446 e. The lowest BCUT2D eigenvalue weighted by atomic mass is 9.96. The van der Waals surface area contributed by atoms with E-state index in [0.29, 0.717) is 12.8 Å². The lowest BCUT2D eigenvalue weighted by molar-refractivity contribution is -0.256. The molecule has 6 atom stereocenters. The first-order valence-electron chi connectivity index (χ1n) is 22.2. The first-order chi connectivity index (χ1) is 28.9. The van der Waals surface area contributed by atoms with Crippen molar-refractivity contribution in [1.29, 1.82) is 5.41 Å². The first kappa shape index (κ1) is 57.0. The molecule has 0 spiro atoms. The number of carbonyl (C=O) groups excluding carboxylic acids is 1. The average Bonchev–Trinajstić information content (AvgIpc) is 3.21. The summed E-state index contributed by atoms with van der Waals surface area (Å²) in [6.07, 6.45) is 24.4. The maximum atomic E-state index is 14.1. The van der Waals surface area contributed by atoms with E-state index in [2.05, 4.69) is 44.5 Å². The molecule has 0 bridgehead atoms. The van der Waals surface area contributed by atoms with Crippen LogP contribution in [0, 0.1) is 5.41 Å². The molecule has 350 valence electrons. The van der Waals surface area contributed by atoms with Gasteiger partial charge in [0.25, 0.3) is 3.79 Å². The summed E-state index contributed by atoms with van der Waals surface area (Å²) in [7, 11) is -1.21. The topological polar surface area (TPSA) is 144 Å². The predicted octanol–water partition coefficient (Wildman–Crippen LogP) is 12.3. The van der Waals surface area contributed by atoms with Crippen molar-refractivity contribution >= 4 is 54.4 Å². The van der Waals surface area contributed by atoms with Gasteiger partial charge < -0.3 is 29.0 Å². The predicted molar refractivity (Wildman–Crippen MR) is 244 cm³/mol. The van der Waals surface area contributed by atoms with Gasteiger partial charge in [-0.1, -0.05) is 156 Å². The number of halogens is 3. The molecule has 0 aromatic heterocycles. The summed E-state index contributed by atoms with van der Waals surface area (Å²) < 4.78 is 59.0. The van der Waals surface area contributed by atoms with Crippen LogP contribution in [0.1, 0.15) is 149 Å². The normalized spacial score (nSPS) is 20.3. The number of phosphoric acid groups is 1. The summed E-state index contributed by atoms with van der Waals surface area (Å²) in [6, 6.07) is -1.14. The molecule has 2 N–H and O–H groups in total. The Morgan fingerprint density at radius 3 is 1.92 bits per heavy atom. The number of hydrogen-bond acceptors (Lipinski definition) is 11. The molecule has 0 aromatic carbocycles. The largest absolute Gasteiger partial charge is 0.475 e. The van der Waals surface area contributed by atoms with Crippen molar-refractivity contribution in [2.75, 3.05) is 40.6 Å². The van der Waals surface area contributed by atoms with Crippen LogP contribution in [0.2, 0.25) is 0 Å². The van der Waals surface area contributed by atoms with E-state index in [9.17, 15) is 9.36 Å². The third-order valence-corrected chi connectivity index (χ3v) is 12.1. The fourth-order valence-corrected chi connectivity index (χ4v) is 8.26. The molecule has 1 amide bonds. The van der Waals surface area contributed by atoms with E-state index >= 15 is 0 Å². The molecular formula is C44H78Cl3N2O10P. The molecular weight excluding hydrogens is 854 g/mol. The minimum atomic E-state index is -4.33. The van der Waals surface area contributed by atoms with Gasteiger partial charge >= 0.3 is 7.82 Å². The van der Waals surface area contributed by atoms with Crippen molar-refractivity contribution in [2.24, 2.45) is 0 Å². The summed E-state index contributed by atoms with van der Waals surface area (Å²) in [4.78, 5) is 13.7. The van der Waals surface area contributed by atoms with Crippen molar-refractivity contribution in [3.05, 3.63) is 37.5 Å². The summed E-state index contributed by atoms with van der Waals surface area (Å²) in [6.45, 7) is 11.4. The molecule has 1 saturated heterocycles. The number of methoxy groups -OCH3 is 2. The van der Waals surface area contributed by atoms with Gasteiger partial charge in [0, 0.05) is 27.2 Å². The number of nitrogens with one attached hydrogen (secondary N) is 2. The van der Waals surface area contributed by atoms with E-state index in [1.54, 1.807) is 7.11 Å². The summed E-state index contributed by atoms with van der Waals surface area (Å²) >= 11 is 18.1. The molecule has 1 fully saturated rings. The van der Waals surface area contributed by atoms with Crippen LogP contribution in [0.5, 0.6) is 0 Å². The molecule has 16 heteroatoms. The Kier molecular flexibility index (Phi) is 33.6. The number of carbonyl (C=O) groups is 1. The fraction of sp³-hybridized carbons (Fsp3) is 0.818. The van der Waals surface area contributed by atoms with Gasteiger partial charge in [0.05, 0.1) is 25.9 Å². The van der Waals surface area contributed by atoms with Crippen LogP contribution in [-0.2, 0) is 46.6 Å². The van der Waals surface area contributed by atoms with Crippen molar-refractivity contribution in [3.8, 4) is 0 Å². The maximum Gasteiger partial charge on any atom is 0.475 e. The number of phosphoric ester groups is 1. The second-order valence-corrected chi connectivity index (χ2v) is 19.1. The Bertz CT molecular complexity index is 1210. The number of hydrogen-bond donors (Lipinski definition) is 2. The molecule has 0 aromatic rings. The van der Waals surface area contributed by atoms with Crippen LogP contribution in [0.3, 0.4) is 0 Å². The molecule has 1 aliphatic heterocycles. The molecule has 0 unspecified atom stereocenters. The van der Waals surface area contributed by atoms with Crippen LogP contribution < -0.4 is 5.32 Å². The van der Waals surface area contributed by atoms with Crippen molar-refractivity contribution in [1.82, 2.24) is 5.32 Å². The molecule has 1 aliphatic rings. The smallest absolute Gasteiger partial charge is 0.446 e. The van der Waals surface area contributed by atoms with Gasteiger partial charge in [-0.2, -0.15) is 0 Å². The van der Waals surface area contributed by atoms with E-state index in [-0.39, 0.29) is 44.9 Å². The second-order valence-electron chi connectivity index (χ2n) is 15.2. The molecule has 1 heterocycles. The average molecular weight is 932 g/mol. The van der Waals surface area contributed by atoms with Gasteiger partial charge in [0.15, 0.2) is 0 Å². The first-order valence-corrected chi connectivity index (χ1v) is 24.8. The minimum absolute atomic E-state index is 0.0990. The van der Waals surface area contributed by atoms with Crippen molar-refractivity contribution < 1.29 is 46.6 Å². The zero-order chi connectivity index (χ0) is 44.5. The summed E-state index contributed by atoms with van der Waals surface area (Å²) in [5, 5.41) is 11.4. The van der Waals surface area contributed by atoms with E-state index in [1.165, 1.54) is 70.6 Å². The highest BCUT2D eigenvalue weighted by Gasteiger charge is 2.53. The quantitative estimate of drug-likeness (QED) is 0.0153. The van der Waals surface area contributed by atoms with E-state index < -0.39 is 48.2 Å². The number of allylic oxidation sites excluding steroid dienone is 2. The van der Waals surface area contributed by atoms with E-state index in [1.807, 2.05) is 0 Å². The highest BCUT2D eigenvalue weighted by atomic mass is 35.6. The van der Waals surface area contributed by atoms with E-state index in [4.69, 9.17) is 77.5 Å². The second kappa shape index (κ2) is 35.3. The van der Waals surface area contributed by atoms with Gasteiger partial charge in [0.2, 0.25) is 18.1 Å². The summed E-state index contributed by atoms with van der Waals surface area (Å²) in [5.41, 5.74) is 0. The maximum absolute atomic E-state index is 14.1. The van der Waals surface area contributed by atoms with Crippen LogP contribution in [0.4, 0.5) is 0 Å². The number of amides is 1. The molecule has 60 heavy (non-hydrogen) atoms. The highest BCUT2D eigenvalue weighted by molar-refractivity contribution is 7.48. The standard InChI is InChI=1S/C44H78Cl3N2O10P/c1-7-11-13-15-16-17-18-19-20-21-22-23-24-26-28-30-38(50)49-39-41(54-34-31-36(53-6)29-27-25-14-12-8-2)40(59-60(51,55-32-9-3)56-33-10-4)37(35-52-5)57-42(39)58-43(48)44(45,46)47/h9-10,17-18,36-37,39-42,48H,3-4,7-8,11-16,19-35H2,1-2,5-6H3,(H,49,50)/b18-17-,48-43?/t36-,37-,39-,40-,41-,42-/m1/s1. The molecule has 0 radical (unpaired) electrons. The number of ether oxygens (including phenoxy) is 5. The molecule has 0 aliphatic carbocycles. The van der Waals surface area contributed by atoms with Gasteiger partial charge in [-0.15, -0.1) is 13.2 Å². The molecule has 1 rings (SSSR count). The molecule has 0 saturated carbocycles. The zero-order valence-corrected chi connectivity index (χ0v) is 40.2. The monoisotopic (exact) mass is 930 g/mol. The Morgan fingerprint density at radius 2 is 1.37 bits per heavy atom. The number of alkyl halides is 3. The Morgan fingerprint density at radius 1 is 0.817 bits per heavy atom. The Hall–Kier alpha value is -1.02. The molecule has 12 nitrogen and oxygen atoms in total. The van der Waals surface area contributed by atoms with Crippen LogP contribution in [0.15, 0.2) is 37.5 Å². The van der Waals surface area contributed by atoms with Crippen LogP contribution in [-0.4, -0.2) is 93.0 Å². The van der Waals surface area contributed by atoms with Crippen LogP contribution in [0.25, 0.3) is 0 Å². The number of unbranched alkanes of at least 4 members (excludes halogenated alkanes) is 15.